The van der Waals surface area contributed by atoms with E-state index in [1.807, 2.05) is 35.2 Å². The molecule has 2 aromatic carbocycles. The summed E-state index contributed by atoms with van der Waals surface area (Å²) in [6, 6.07) is 13.7. The molecule has 1 unspecified atom stereocenters. The van der Waals surface area contributed by atoms with Crippen LogP contribution in [0.25, 0.3) is 0 Å². The Morgan fingerprint density at radius 3 is 2.37 bits per heavy atom. The van der Waals surface area contributed by atoms with E-state index in [1.165, 1.54) is 18.5 Å². The predicted molar refractivity (Wildman–Crippen MR) is 134 cm³/mol. The van der Waals surface area contributed by atoms with Gasteiger partial charge in [-0.25, -0.2) is 14.8 Å². The lowest BCUT2D eigenvalue weighted by Crippen LogP contribution is -2.50. The third kappa shape index (κ3) is 6.57. The lowest BCUT2D eigenvalue weighted by atomic mass is 10.0. The number of ether oxygens (including phenoxy) is 1. The highest BCUT2D eigenvalue weighted by Gasteiger charge is 2.32. The molecule has 0 spiro atoms. The van der Waals surface area contributed by atoms with Crippen molar-refractivity contribution in [1.29, 1.82) is 0 Å². The number of hydrogen-bond donors (Lipinski definition) is 2. The van der Waals surface area contributed by atoms with Crippen molar-refractivity contribution in [2.24, 2.45) is 0 Å². The second kappa shape index (κ2) is 11.9. The van der Waals surface area contributed by atoms with Gasteiger partial charge in [0, 0.05) is 32.7 Å². The van der Waals surface area contributed by atoms with E-state index in [1.54, 1.807) is 0 Å². The Morgan fingerprint density at radius 1 is 1.05 bits per heavy atom. The summed E-state index contributed by atoms with van der Waals surface area (Å²) in [4.78, 5) is 35.9. The molecule has 0 bridgehead atoms. The molecule has 3 aromatic rings. The minimum absolute atomic E-state index is 0.0910. The Bertz CT molecular complexity index is 1230. The fourth-order valence-corrected chi connectivity index (χ4v) is 4.32. The van der Waals surface area contributed by atoms with Crippen molar-refractivity contribution >= 4 is 24.0 Å². The van der Waals surface area contributed by atoms with Crippen molar-refractivity contribution in [3.63, 3.8) is 0 Å². The Kier molecular flexibility index (Phi) is 8.41. The molecular weight excluding hydrogens is 501 g/mol. The normalized spacial score (nSPS) is 15.1. The van der Waals surface area contributed by atoms with E-state index in [9.17, 15) is 22.8 Å². The molecule has 200 valence electrons. The molecule has 2 heterocycles. The predicted octanol–water partition coefficient (Wildman–Crippen LogP) is 3.68. The van der Waals surface area contributed by atoms with Gasteiger partial charge < -0.3 is 20.7 Å². The maximum atomic E-state index is 13.1. The highest BCUT2D eigenvalue weighted by Crippen LogP contribution is 2.31. The molecule has 9 nitrogen and oxygen atoms in total. The zero-order valence-electron chi connectivity index (χ0n) is 20.4. The van der Waals surface area contributed by atoms with Crippen molar-refractivity contribution in [2.75, 3.05) is 43.4 Å². The molecule has 0 aliphatic carbocycles. The number of benzene rings is 2. The van der Waals surface area contributed by atoms with Gasteiger partial charge in [0.2, 0.25) is 0 Å². The largest absolute Gasteiger partial charge is 0.445 e. The Balaban J connectivity index is 1.45. The number of alkyl halides is 3. The van der Waals surface area contributed by atoms with Gasteiger partial charge >= 0.3 is 12.3 Å². The first-order valence-corrected chi connectivity index (χ1v) is 11.9. The van der Waals surface area contributed by atoms with Gasteiger partial charge in [0.25, 0.3) is 0 Å². The van der Waals surface area contributed by atoms with Crippen LogP contribution in [0.2, 0.25) is 0 Å². The second-order valence-corrected chi connectivity index (χ2v) is 8.72. The van der Waals surface area contributed by atoms with Crippen molar-refractivity contribution in [2.45, 2.75) is 18.8 Å². The Morgan fingerprint density at radius 2 is 1.74 bits per heavy atom. The fourth-order valence-electron chi connectivity index (χ4n) is 4.32. The number of nitrogens with two attached hydrogens (primary N) is 1. The molecule has 4 rings (SSSR count). The smallest absolute Gasteiger partial charge is 0.416 e. The summed E-state index contributed by atoms with van der Waals surface area (Å²) in [7, 11) is 0. The number of halogens is 3. The van der Waals surface area contributed by atoms with Gasteiger partial charge in [-0.1, -0.05) is 42.5 Å². The number of carbonyl (C=O) groups excluding carboxylic acids is 2. The molecular formula is C26H27F3N6O3. The Labute approximate surface area is 217 Å². The average molecular weight is 529 g/mol. The van der Waals surface area contributed by atoms with Gasteiger partial charge in [-0.05, 0) is 23.3 Å². The van der Waals surface area contributed by atoms with Crippen molar-refractivity contribution < 1.29 is 27.5 Å². The molecule has 0 saturated carbocycles. The number of aromatic nitrogens is 2. The van der Waals surface area contributed by atoms with Gasteiger partial charge in [-0.15, -0.1) is 0 Å². The van der Waals surface area contributed by atoms with Crippen LogP contribution in [-0.2, 0) is 17.5 Å². The van der Waals surface area contributed by atoms with Gasteiger partial charge in [0.1, 0.15) is 24.6 Å². The zero-order chi connectivity index (χ0) is 27.1. The molecule has 1 atom stereocenters. The number of amides is 1. The number of carbonyl (C=O) groups is 2. The van der Waals surface area contributed by atoms with Crippen LogP contribution in [0.1, 0.15) is 33.1 Å². The number of nitrogens with one attached hydrogen (secondary N) is 1. The molecule has 1 amide bonds. The summed E-state index contributed by atoms with van der Waals surface area (Å²) in [6.45, 7) is 2.17. The molecule has 1 aromatic heterocycles. The summed E-state index contributed by atoms with van der Waals surface area (Å²) < 4.78 is 44.6. The van der Waals surface area contributed by atoms with Gasteiger partial charge in [0.15, 0.2) is 6.29 Å². The number of rotatable bonds is 8. The maximum absolute atomic E-state index is 13.1. The van der Waals surface area contributed by atoms with E-state index in [4.69, 9.17) is 10.5 Å². The highest BCUT2D eigenvalue weighted by molar-refractivity contribution is 5.88. The third-order valence-corrected chi connectivity index (χ3v) is 6.34. The van der Waals surface area contributed by atoms with Crippen LogP contribution in [0, 0.1) is 0 Å². The van der Waals surface area contributed by atoms with Gasteiger partial charge in [-0.2, -0.15) is 13.2 Å². The second-order valence-electron chi connectivity index (χ2n) is 8.72. The number of aldehydes is 1. The Hall–Kier alpha value is -4.19. The monoisotopic (exact) mass is 528 g/mol. The van der Waals surface area contributed by atoms with Crippen molar-refractivity contribution in [1.82, 2.24) is 20.2 Å². The highest BCUT2D eigenvalue weighted by atomic mass is 19.4. The molecule has 38 heavy (non-hydrogen) atoms. The molecule has 1 aliphatic rings. The van der Waals surface area contributed by atoms with E-state index >= 15 is 0 Å². The van der Waals surface area contributed by atoms with Crippen LogP contribution in [0.4, 0.5) is 29.6 Å². The standard InChI is InChI=1S/C26H27F3N6O3/c27-26(28,29)20-8-6-19(7-9-20)22(14-31-25(37)38-16-18-4-2-1-3-5-18)34-10-12-35(13-11-34)24-21(15-36)23(30)32-17-33-24/h1-9,15,17,22H,10-14,16H2,(H,31,37)(H2,30,32,33). The molecule has 1 aliphatic heterocycles. The average Bonchev–Trinajstić information content (AvgIpc) is 2.92. The number of nitrogen functional groups attached to an aromatic ring is 1. The van der Waals surface area contributed by atoms with E-state index in [2.05, 4.69) is 20.2 Å². The van der Waals surface area contributed by atoms with E-state index < -0.39 is 23.9 Å². The van der Waals surface area contributed by atoms with Crippen LogP contribution in [0.3, 0.4) is 0 Å². The molecule has 1 saturated heterocycles. The van der Waals surface area contributed by atoms with Crippen molar-refractivity contribution in [3.05, 3.63) is 83.2 Å². The number of piperazine rings is 1. The number of alkyl carbamates (subject to hydrolysis) is 1. The van der Waals surface area contributed by atoms with Crippen LogP contribution >= 0.6 is 0 Å². The third-order valence-electron chi connectivity index (χ3n) is 6.34. The minimum Gasteiger partial charge on any atom is -0.445 e. The lowest BCUT2D eigenvalue weighted by Gasteiger charge is -2.40. The van der Waals surface area contributed by atoms with E-state index in [0.29, 0.717) is 43.8 Å². The number of nitrogens with zero attached hydrogens (tertiary/aromatic N) is 4. The zero-order valence-corrected chi connectivity index (χ0v) is 20.4. The van der Waals surface area contributed by atoms with E-state index in [-0.39, 0.29) is 24.5 Å². The quantitative estimate of drug-likeness (QED) is 0.426. The van der Waals surface area contributed by atoms with Crippen molar-refractivity contribution in [3.8, 4) is 0 Å². The molecule has 0 radical (unpaired) electrons. The van der Waals surface area contributed by atoms with Crippen LogP contribution < -0.4 is 16.0 Å². The molecule has 12 heteroatoms. The number of hydrogen-bond acceptors (Lipinski definition) is 8. The van der Waals surface area contributed by atoms with Gasteiger partial charge in [0.05, 0.1) is 17.2 Å². The molecule has 1 fully saturated rings. The van der Waals surface area contributed by atoms with Crippen LogP contribution in [0.5, 0.6) is 0 Å². The van der Waals surface area contributed by atoms with Crippen LogP contribution in [-0.4, -0.2) is 60.0 Å². The summed E-state index contributed by atoms with van der Waals surface area (Å²) >= 11 is 0. The first-order valence-electron chi connectivity index (χ1n) is 11.9. The minimum atomic E-state index is -4.45. The summed E-state index contributed by atoms with van der Waals surface area (Å²) in [5.41, 5.74) is 6.73. The summed E-state index contributed by atoms with van der Waals surface area (Å²) in [6.07, 6.45) is -3.17. The van der Waals surface area contributed by atoms with E-state index in [0.717, 1.165) is 17.7 Å². The number of anilines is 2. The SMILES string of the molecule is Nc1ncnc(N2CCN(C(CNC(=O)OCc3ccccc3)c3ccc(C(F)(F)F)cc3)CC2)c1C=O. The fraction of sp³-hybridized carbons (Fsp3) is 0.308. The first kappa shape index (κ1) is 26.9. The summed E-state index contributed by atoms with van der Waals surface area (Å²) in [5.74, 6) is 0.522. The van der Waals surface area contributed by atoms with Gasteiger partial charge in [-0.3, -0.25) is 9.69 Å². The van der Waals surface area contributed by atoms with Crippen LogP contribution in [0.15, 0.2) is 60.9 Å². The lowest BCUT2D eigenvalue weighted by molar-refractivity contribution is -0.137. The first-order chi connectivity index (χ1) is 18.3. The molecule has 3 N–H and O–H groups in total. The summed E-state index contributed by atoms with van der Waals surface area (Å²) in [5, 5.41) is 2.74. The maximum Gasteiger partial charge on any atom is 0.416 e. The topological polar surface area (TPSA) is 114 Å².